The van der Waals surface area contributed by atoms with Gasteiger partial charge in [0.1, 0.15) is 11.5 Å². The lowest BCUT2D eigenvalue weighted by Crippen LogP contribution is -2.26. The van der Waals surface area contributed by atoms with Gasteiger partial charge in [-0.2, -0.15) is 18.2 Å². The van der Waals surface area contributed by atoms with E-state index in [4.69, 9.17) is 15.0 Å². The van der Waals surface area contributed by atoms with E-state index >= 15 is 0 Å². The van der Waals surface area contributed by atoms with Gasteiger partial charge in [0, 0.05) is 31.2 Å². The number of sulfonamides is 1. The first-order valence-electron chi connectivity index (χ1n) is 10.2. The molecule has 0 aliphatic carbocycles. The molecular weight excluding hydrogens is 587 g/mol. The molecule has 0 bridgehead atoms. The van der Waals surface area contributed by atoms with E-state index in [-0.39, 0.29) is 10.8 Å². The van der Waals surface area contributed by atoms with E-state index < -0.39 is 22.2 Å². The average Bonchev–Trinajstić information content (AvgIpc) is 3.35. The van der Waals surface area contributed by atoms with Crippen LogP contribution in [0.2, 0.25) is 0 Å². The Bertz CT molecular complexity index is 1300. The van der Waals surface area contributed by atoms with Crippen LogP contribution in [0.25, 0.3) is 0 Å². The van der Waals surface area contributed by atoms with Crippen molar-refractivity contribution >= 4 is 55.3 Å². The van der Waals surface area contributed by atoms with Crippen LogP contribution in [0.4, 0.5) is 30.6 Å². The summed E-state index contributed by atoms with van der Waals surface area (Å²) in [6.07, 6.45) is -1.09. The number of benzene rings is 1. The number of hydrogen-bond donors (Lipinski definition) is 6. The van der Waals surface area contributed by atoms with Gasteiger partial charge in [-0.1, -0.05) is 0 Å². The summed E-state index contributed by atoms with van der Waals surface area (Å²) in [4.78, 5) is 32.2. The van der Waals surface area contributed by atoms with E-state index in [1.54, 1.807) is 36.7 Å². The number of aromatic nitrogens is 3. The topological polar surface area (TPSA) is 192 Å². The third kappa shape index (κ3) is 10.1. The molecule has 0 radical (unpaired) electrons. The number of primary sulfonamides is 1. The average molecular weight is 608 g/mol. The van der Waals surface area contributed by atoms with Crippen molar-refractivity contribution in [1.82, 2.24) is 20.3 Å². The number of aliphatic carboxylic acids is 1. The number of nitrogens with one attached hydrogen (secondary N) is 4. The molecule has 3 rings (SSSR count). The van der Waals surface area contributed by atoms with Crippen LogP contribution in [0.5, 0.6) is 0 Å². The number of carboxylic acids is 1. The summed E-state index contributed by atoms with van der Waals surface area (Å²) in [5.41, 5.74) is 1.14. The van der Waals surface area contributed by atoms with Crippen molar-refractivity contribution in [1.29, 1.82) is 0 Å². The number of nitrogens with two attached hydrogens (primary N) is 1. The van der Waals surface area contributed by atoms with Gasteiger partial charge in [-0.15, -0.1) is 0 Å². The van der Waals surface area contributed by atoms with Crippen LogP contribution in [-0.2, 0) is 14.8 Å². The van der Waals surface area contributed by atoms with Crippen molar-refractivity contribution < 1.29 is 36.3 Å². The van der Waals surface area contributed by atoms with Crippen LogP contribution in [0.1, 0.15) is 16.9 Å². The number of anilines is 3. The summed E-state index contributed by atoms with van der Waals surface area (Å²) >= 11 is 3.40. The second-order valence-electron chi connectivity index (χ2n) is 7.01. The number of hydrogen-bond acceptors (Lipinski definition) is 8. The molecule has 2 heterocycles. The summed E-state index contributed by atoms with van der Waals surface area (Å²) in [6, 6.07) is 9.43. The van der Waals surface area contributed by atoms with Crippen LogP contribution in [0.3, 0.4) is 0 Å². The van der Waals surface area contributed by atoms with Crippen molar-refractivity contribution in [3.63, 3.8) is 0 Å². The summed E-state index contributed by atoms with van der Waals surface area (Å²) in [6.45, 7) is 1.10. The molecule has 17 heteroatoms. The van der Waals surface area contributed by atoms with Crippen molar-refractivity contribution in [3.05, 3.63) is 59.0 Å². The molecular formula is C20H21BrF3N7O5S. The quantitative estimate of drug-likeness (QED) is 0.198. The fraction of sp³-hybridized carbons (Fsp3) is 0.200. The van der Waals surface area contributed by atoms with Crippen LogP contribution in [0, 0.1) is 0 Å². The molecule has 0 spiro atoms. The Hall–Kier alpha value is -3.70. The standard InChI is InChI=1S/C18H20BrN7O3S.C2HF3O2/c19-14-11-24-18(25-12-4-6-13(7-5-12)30(20,28)29)26-16(14)22-9-2-10-23-17(27)15-3-1-8-21-15;3-2(4,5)1(6)7/h1,3-8,11,21H,2,9-10H2,(H,23,27)(H2,20,28,29)(H2,22,24,25,26);(H,6,7). The molecule has 3 aromatic rings. The van der Waals surface area contributed by atoms with Crippen molar-refractivity contribution in [2.45, 2.75) is 17.5 Å². The normalized spacial score (nSPS) is 11.2. The predicted octanol–water partition coefficient (Wildman–Crippen LogP) is 2.82. The molecule has 0 saturated heterocycles. The molecule has 2 aromatic heterocycles. The Labute approximate surface area is 217 Å². The largest absolute Gasteiger partial charge is 0.490 e. The van der Waals surface area contributed by atoms with Crippen LogP contribution < -0.4 is 21.1 Å². The number of nitrogens with zero attached hydrogens (tertiary/aromatic N) is 2. The van der Waals surface area contributed by atoms with E-state index in [0.717, 1.165) is 0 Å². The minimum Gasteiger partial charge on any atom is -0.475 e. The number of carbonyl (C=O) groups excluding carboxylic acids is 1. The first-order valence-corrected chi connectivity index (χ1v) is 12.5. The van der Waals surface area contributed by atoms with Crippen molar-refractivity contribution in [2.24, 2.45) is 5.14 Å². The lowest BCUT2D eigenvalue weighted by molar-refractivity contribution is -0.192. The summed E-state index contributed by atoms with van der Waals surface area (Å²) in [7, 11) is -3.74. The lowest BCUT2D eigenvalue weighted by atomic mass is 10.3. The number of alkyl halides is 3. The van der Waals surface area contributed by atoms with Gasteiger partial charge in [0.05, 0.1) is 9.37 Å². The highest BCUT2D eigenvalue weighted by atomic mass is 79.9. The molecule has 0 saturated carbocycles. The zero-order chi connectivity index (χ0) is 27.6. The monoisotopic (exact) mass is 607 g/mol. The molecule has 0 unspecified atom stereocenters. The highest BCUT2D eigenvalue weighted by molar-refractivity contribution is 9.10. The molecule has 0 aliphatic heterocycles. The second kappa shape index (κ2) is 13.0. The number of H-pyrrole nitrogens is 1. The molecule has 37 heavy (non-hydrogen) atoms. The highest BCUT2D eigenvalue weighted by Crippen LogP contribution is 2.22. The first kappa shape index (κ1) is 29.5. The van der Waals surface area contributed by atoms with Gasteiger partial charge in [-0.3, -0.25) is 4.79 Å². The van der Waals surface area contributed by atoms with Crippen molar-refractivity contribution in [3.8, 4) is 0 Å². The Morgan fingerprint density at radius 1 is 1.14 bits per heavy atom. The molecule has 7 N–H and O–H groups in total. The predicted molar refractivity (Wildman–Crippen MR) is 131 cm³/mol. The number of halogens is 4. The number of amides is 1. The molecule has 200 valence electrons. The summed E-state index contributed by atoms with van der Waals surface area (Å²) in [5, 5.41) is 21.2. The molecule has 1 amide bonds. The Morgan fingerprint density at radius 2 is 1.78 bits per heavy atom. The molecule has 12 nitrogen and oxygen atoms in total. The third-order valence-electron chi connectivity index (χ3n) is 4.20. The van der Waals surface area contributed by atoms with Gasteiger partial charge in [0.2, 0.25) is 16.0 Å². The minimum atomic E-state index is -5.08. The lowest BCUT2D eigenvalue weighted by Gasteiger charge is -2.11. The first-order chi connectivity index (χ1) is 17.3. The maximum absolute atomic E-state index is 11.8. The van der Waals surface area contributed by atoms with Crippen molar-refractivity contribution in [2.75, 3.05) is 23.7 Å². The highest BCUT2D eigenvalue weighted by Gasteiger charge is 2.38. The minimum absolute atomic E-state index is 0.0236. The van der Waals surface area contributed by atoms with Gasteiger partial charge >= 0.3 is 12.1 Å². The zero-order valence-corrected chi connectivity index (χ0v) is 21.1. The fourth-order valence-electron chi connectivity index (χ4n) is 2.47. The summed E-state index contributed by atoms with van der Waals surface area (Å²) in [5.74, 6) is -1.98. The van der Waals surface area contributed by atoms with Gasteiger partial charge in [-0.05, 0) is 58.7 Å². The smallest absolute Gasteiger partial charge is 0.475 e. The third-order valence-corrected chi connectivity index (χ3v) is 5.71. The number of carbonyl (C=O) groups is 2. The maximum atomic E-state index is 11.8. The van der Waals surface area contributed by atoms with Gasteiger partial charge in [-0.25, -0.2) is 23.3 Å². The Morgan fingerprint density at radius 3 is 2.32 bits per heavy atom. The van der Waals surface area contributed by atoms with E-state index in [0.29, 0.717) is 47.1 Å². The van der Waals surface area contributed by atoms with E-state index in [1.807, 2.05) is 0 Å². The second-order valence-corrected chi connectivity index (χ2v) is 9.42. The van der Waals surface area contributed by atoms with Gasteiger partial charge < -0.3 is 26.0 Å². The molecule has 1 aromatic carbocycles. The molecule has 0 atom stereocenters. The van der Waals surface area contributed by atoms with Crippen LogP contribution >= 0.6 is 15.9 Å². The van der Waals surface area contributed by atoms with Crippen LogP contribution in [0.15, 0.2) is 58.2 Å². The van der Waals surface area contributed by atoms with E-state index in [9.17, 15) is 26.4 Å². The molecule has 0 fully saturated rings. The number of rotatable bonds is 9. The Balaban J connectivity index is 0.000000604. The van der Waals surface area contributed by atoms with Gasteiger partial charge in [0.15, 0.2) is 0 Å². The van der Waals surface area contributed by atoms with Crippen LogP contribution in [-0.4, -0.2) is 59.6 Å². The Kier molecular flexibility index (Phi) is 10.4. The molecule has 0 aliphatic rings. The SMILES string of the molecule is NS(=O)(=O)c1ccc(Nc2ncc(Br)c(NCCCNC(=O)c3ccc[nH]3)n2)cc1.O=C(O)C(F)(F)F. The van der Waals surface area contributed by atoms with E-state index in [2.05, 4.69) is 46.8 Å². The maximum Gasteiger partial charge on any atom is 0.490 e. The number of aromatic amines is 1. The number of carboxylic acid groups (broad SMARTS) is 1. The fourth-order valence-corrected chi connectivity index (χ4v) is 3.32. The van der Waals surface area contributed by atoms with Gasteiger partial charge in [0.25, 0.3) is 5.91 Å². The zero-order valence-electron chi connectivity index (χ0n) is 18.7. The van der Waals surface area contributed by atoms with E-state index in [1.165, 1.54) is 12.1 Å². The summed E-state index contributed by atoms with van der Waals surface area (Å²) < 4.78 is 55.1.